The van der Waals surface area contributed by atoms with E-state index in [1.807, 2.05) is 38.1 Å². The van der Waals surface area contributed by atoms with Gasteiger partial charge in [-0.15, -0.1) is 0 Å². The average molecular weight is 232 g/mol. The quantitative estimate of drug-likeness (QED) is 0.751. The van der Waals surface area contributed by atoms with Crippen LogP contribution in [0.4, 0.5) is 0 Å². The smallest absolute Gasteiger partial charge is 0.334 e. The van der Waals surface area contributed by atoms with Crippen LogP contribution in [0.15, 0.2) is 23.8 Å². The zero-order chi connectivity index (χ0) is 12.4. The molecule has 0 unspecified atom stereocenters. The molecule has 1 aromatic carbocycles. The van der Waals surface area contributed by atoms with Gasteiger partial charge < -0.3 is 9.47 Å². The van der Waals surface area contributed by atoms with Crippen molar-refractivity contribution in [2.75, 3.05) is 7.11 Å². The molecule has 0 saturated heterocycles. The molecule has 0 amide bonds. The van der Waals surface area contributed by atoms with Gasteiger partial charge in [0.2, 0.25) is 0 Å². The van der Waals surface area contributed by atoms with Crippen molar-refractivity contribution in [1.82, 2.24) is 0 Å². The second kappa shape index (κ2) is 4.62. The molecule has 0 fully saturated rings. The summed E-state index contributed by atoms with van der Waals surface area (Å²) in [7, 11) is 1.40. The first-order valence-corrected chi connectivity index (χ1v) is 5.69. The van der Waals surface area contributed by atoms with Crippen molar-refractivity contribution < 1.29 is 14.3 Å². The van der Waals surface area contributed by atoms with Crippen LogP contribution in [0.5, 0.6) is 5.75 Å². The van der Waals surface area contributed by atoms with Gasteiger partial charge in [-0.1, -0.05) is 12.1 Å². The molecule has 0 atom stereocenters. The van der Waals surface area contributed by atoms with Gasteiger partial charge in [-0.3, -0.25) is 0 Å². The Labute approximate surface area is 101 Å². The molecule has 1 aromatic rings. The highest BCUT2D eigenvalue weighted by Gasteiger charge is 2.21. The van der Waals surface area contributed by atoms with Crippen LogP contribution >= 0.6 is 0 Å². The predicted octanol–water partition coefficient (Wildman–Crippen LogP) is 2.59. The Kier molecular flexibility index (Phi) is 3.18. The number of rotatable bonds is 3. The van der Waals surface area contributed by atoms with Crippen LogP contribution in [0.25, 0.3) is 6.08 Å². The Bertz CT molecular complexity index is 472. The molecule has 0 aromatic heterocycles. The number of ether oxygens (including phenoxy) is 2. The fraction of sp³-hybridized carbons (Fsp3) is 0.357. The van der Waals surface area contributed by atoms with Crippen molar-refractivity contribution in [3.8, 4) is 5.75 Å². The van der Waals surface area contributed by atoms with Crippen LogP contribution in [-0.2, 0) is 16.0 Å². The number of carbonyl (C=O) groups excluding carboxylic acids is 1. The van der Waals surface area contributed by atoms with Crippen LogP contribution in [-0.4, -0.2) is 19.2 Å². The molecule has 0 aliphatic heterocycles. The van der Waals surface area contributed by atoms with Gasteiger partial charge in [0.15, 0.2) is 0 Å². The summed E-state index contributed by atoms with van der Waals surface area (Å²) in [5.74, 6) is 0.563. The highest BCUT2D eigenvalue weighted by Crippen LogP contribution is 2.33. The van der Waals surface area contributed by atoms with Crippen LogP contribution in [0.3, 0.4) is 0 Å². The Hall–Kier alpha value is -1.77. The first-order valence-electron chi connectivity index (χ1n) is 5.69. The number of esters is 1. The van der Waals surface area contributed by atoms with Gasteiger partial charge in [0, 0.05) is 17.6 Å². The number of benzene rings is 1. The Morgan fingerprint density at radius 2 is 2.12 bits per heavy atom. The summed E-state index contributed by atoms with van der Waals surface area (Å²) in [6.07, 6.45) is 2.60. The molecular formula is C14H16O3. The van der Waals surface area contributed by atoms with Gasteiger partial charge in [0.05, 0.1) is 13.2 Å². The van der Waals surface area contributed by atoms with Crippen molar-refractivity contribution in [3.05, 3.63) is 34.9 Å². The minimum atomic E-state index is -0.267. The Morgan fingerprint density at radius 3 is 2.76 bits per heavy atom. The standard InChI is InChI=1S/C14H16O3/c1-9(2)17-13-6-4-5-10-7-11(8-12(10)13)14(15)16-3/h4-6,8-9H,7H2,1-3H3. The summed E-state index contributed by atoms with van der Waals surface area (Å²) >= 11 is 0. The second-order valence-corrected chi connectivity index (χ2v) is 4.33. The van der Waals surface area contributed by atoms with Crippen LogP contribution in [0, 0.1) is 0 Å². The van der Waals surface area contributed by atoms with Crippen molar-refractivity contribution >= 4 is 12.0 Å². The summed E-state index contributed by atoms with van der Waals surface area (Å²) in [6.45, 7) is 3.97. The lowest BCUT2D eigenvalue weighted by molar-refractivity contribution is -0.136. The normalized spacial score (nSPS) is 13.3. The molecule has 0 saturated carbocycles. The zero-order valence-corrected chi connectivity index (χ0v) is 10.3. The third-order valence-corrected chi connectivity index (χ3v) is 2.67. The summed E-state index contributed by atoms with van der Waals surface area (Å²) in [5.41, 5.74) is 2.80. The van der Waals surface area contributed by atoms with E-state index in [-0.39, 0.29) is 12.1 Å². The summed E-state index contributed by atoms with van der Waals surface area (Å²) in [5, 5.41) is 0. The number of carbonyl (C=O) groups is 1. The van der Waals surface area contributed by atoms with E-state index in [9.17, 15) is 4.79 Å². The van der Waals surface area contributed by atoms with E-state index >= 15 is 0 Å². The molecule has 3 heteroatoms. The van der Waals surface area contributed by atoms with Crippen molar-refractivity contribution in [3.63, 3.8) is 0 Å². The van der Waals surface area contributed by atoms with E-state index in [1.54, 1.807) is 0 Å². The third kappa shape index (κ3) is 2.33. The second-order valence-electron chi connectivity index (χ2n) is 4.33. The van der Waals surface area contributed by atoms with E-state index in [2.05, 4.69) is 0 Å². The Morgan fingerprint density at radius 1 is 1.35 bits per heavy atom. The fourth-order valence-corrected chi connectivity index (χ4v) is 1.96. The van der Waals surface area contributed by atoms with E-state index in [4.69, 9.17) is 9.47 Å². The summed E-state index contributed by atoms with van der Waals surface area (Å²) in [6, 6.07) is 5.88. The zero-order valence-electron chi connectivity index (χ0n) is 10.3. The summed E-state index contributed by atoms with van der Waals surface area (Å²) in [4.78, 5) is 11.5. The van der Waals surface area contributed by atoms with Crippen molar-refractivity contribution in [2.45, 2.75) is 26.4 Å². The third-order valence-electron chi connectivity index (χ3n) is 2.67. The molecule has 1 aliphatic rings. The Balaban J connectivity index is 2.33. The van der Waals surface area contributed by atoms with Gasteiger partial charge in [0.1, 0.15) is 5.75 Å². The minimum Gasteiger partial charge on any atom is -0.490 e. The lowest BCUT2D eigenvalue weighted by atomic mass is 10.1. The maximum Gasteiger partial charge on any atom is 0.334 e. The molecule has 0 radical (unpaired) electrons. The maximum atomic E-state index is 11.5. The van der Waals surface area contributed by atoms with E-state index in [0.29, 0.717) is 12.0 Å². The molecule has 0 heterocycles. The lowest BCUT2D eigenvalue weighted by Gasteiger charge is -2.12. The molecule has 90 valence electrons. The molecule has 17 heavy (non-hydrogen) atoms. The average Bonchev–Trinajstić information content (AvgIpc) is 2.72. The molecule has 1 aliphatic carbocycles. The number of fused-ring (bicyclic) bond motifs is 1. The summed E-state index contributed by atoms with van der Waals surface area (Å²) < 4.78 is 10.5. The van der Waals surface area contributed by atoms with Crippen molar-refractivity contribution in [1.29, 1.82) is 0 Å². The van der Waals surface area contributed by atoms with Crippen LogP contribution in [0.1, 0.15) is 25.0 Å². The fourth-order valence-electron chi connectivity index (χ4n) is 1.96. The van der Waals surface area contributed by atoms with Crippen LogP contribution in [0.2, 0.25) is 0 Å². The molecular weight excluding hydrogens is 216 g/mol. The first-order chi connectivity index (χ1) is 8.11. The van der Waals surface area contributed by atoms with Gasteiger partial charge >= 0.3 is 5.97 Å². The lowest BCUT2D eigenvalue weighted by Crippen LogP contribution is -2.06. The SMILES string of the molecule is COC(=O)C1=Cc2c(cccc2OC(C)C)C1. The molecule has 0 bridgehead atoms. The minimum absolute atomic E-state index is 0.122. The van der Waals surface area contributed by atoms with E-state index in [1.165, 1.54) is 7.11 Å². The van der Waals surface area contributed by atoms with Gasteiger partial charge in [-0.2, -0.15) is 0 Å². The maximum absolute atomic E-state index is 11.5. The predicted molar refractivity (Wildman–Crippen MR) is 65.9 cm³/mol. The molecule has 0 spiro atoms. The molecule has 2 rings (SSSR count). The number of hydrogen-bond donors (Lipinski definition) is 0. The van der Waals surface area contributed by atoms with Gasteiger partial charge in [-0.05, 0) is 31.6 Å². The first kappa shape index (κ1) is 11.7. The molecule has 3 nitrogen and oxygen atoms in total. The number of methoxy groups -OCH3 is 1. The van der Waals surface area contributed by atoms with E-state index < -0.39 is 0 Å². The van der Waals surface area contributed by atoms with Crippen molar-refractivity contribution in [2.24, 2.45) is 0 Å². The topological polar surface area (TPSA) is 35.5 Å². The monoisotopic (exact) mass is 232 g/mol. The highest BCUT2D eigenvalue weighted by atomic mass is 16.5. The van der Waals surface area contributed by atoms with E-state index in [0.717, 1.165) is 16.9 Å². The van der Waals surface area contributed by atoms with Gasteiger partial charge in [0.25, 0.3) is 0 Å². The van der Waals surface area contributed by atoms with Crippen LogP contribution < -0.4 is 4.74 Å². The highest BCUT2D eigenvalue weighted by molar-refractivity contribution is 5.97. The largest absolute Gasteiger partial charge is 0.490 e. The van der Waals surface area contributed by atoms with Gasteiger partial charge in [-0.25, -0.2) is 4.79 Å². The number of hydrogen-bond acceptors (Lipinski definition) is 3. The molecule has 0 N–H and O–H groups in total.